The zero-order valence-electron chi connectivity index (χ0n) is 9.38. The number of esters is 1. The zero-order chi connectivity index (χ0) is 12.5. The van der Waals surface area contributed by atoms with Crippen molar-refractivity contribution in [2.24, 2.45) is 0 Å². The van der Waals surface area contributed by atoms with Crippen LogP contribution in [0.25, 0.3) is 0 Å². The van der Waals surface area contributed by atoms with Crippen LogP contribution in [-0.2, 0) is 14.8 Å². The first kappa shape index (κ1) is 12.5. The number of rotatable bonds is 3. The van der Waals surface area contributed by atoms with Gasteiger partial charge in [-0.05, 0) is 25.0 Å². The standard InChI is InChI=1S/C10H13NO4S2/c1-15-10(12)8-4-5-9(16-8)17(13,14)11-6-2-3-7-11/h4-5H,2-3,6-7H2,1H3. The monoisotopic (exact) mass is 275 g/mol. The number of hydrogen-bond acceptors (Lipinski definition) is 5. The molecule has 7 heteroatoms. The van der Waals surface area contributed by atoms with Gasteiger partial charge in [0, 0.05) is 13.1 Å². The highest BCUT2D eigenvalue weighted by Gasteiger charge is 2.29. The van der Waals surface area contributed by atoms with Gasteiger partial charge in [-0.15, -0.1) is 11.3 Å². The lowest BCUT2D eigenvalue weighted by atomic mass is 10.4. The summed E-state index contributed by atoms with van der Waals surface area (Å²) in [7, 11) is -2.14. The molecule has 0 spiro atoms. The molecule has 1 aliphatic rings. The van der Waals surface area contributed by atoms with Crippen molar-refractivity contribution < 1.29 is 17.9 Å². The topological polar surface area (TPSA) is 63.7 Å². The van der Waals surface area contributed by atoms with E-state index in [0.29, 0.717) is 18.0 Å². The van der Waals surface area contributed by atoms with Crippen molar-refractivity contribution in [2.75, 3.05) is 20.2 Å². The summed E-state index contributed by atoms with van der Waals surface area (Å²) in [4.78, 5) is 11.6. The van der Waals surface area contributed by atoms with Crippen molar-refractivity contribution in [2.45, 2.75) is 17.1 Å². The van der Waals surface area contributed by atoms with Gasteiger partial charge >= 0.3 is 5.97 Å². The van der Waals surface area contributed by atoms with Crippen LogP contribution in [0.3, 0.4) is 0 Å². The van der Waals surface area contributed by atoms with Crippen molar-refractivity contribution in [3.63, 3.8) is 0 Å². The van der Waals surface area contributed by atoms with E-state index in [9.17, 15) is 13.2 Å². The molecule has 0 aromatic carbocycles. The van der Waals surface area contributed by atoms with Gasteiger partial charge in [-0.2, -0.15) is 4.31 Å². The number of hydrogen-bond donors (Lipinski definition) is 0. The van der Waals surface area contributed by atoms with Crippen LogP contribution in [0.5, 0.6) is 0 Å². The van der Waals surface area contributed by atoms with Crippen molar-refractivity contribution in [1.82, 2.24) is 4.31 Å². The number of carbonyl (C=O) groups excluding carboxylic acids is 1. The Labute approximate surface area is 104 Å². The lowest BCUT2D eigenvalue weighted by Crippen LogP contribution is -2.27. The lowest BCUT2D eigenvalue weighted by molar-refractivity contribution is 0.0606. The maximum Gasteiger partial charge on any atom is 0.348 e. The third kappa shape index (κ3) is 2.36. The molecule has 0 unspecified atom stereocenters. The van der Waals surface area contributed by atoms with Crippen LogP contribution in [0.15, 0.2) is 16.3 Å². The Balaban J connectivity index is 2.27. The molecule has 0 aliphatic carbocycles. The minimum absolute atomic E-state index is 0.208. The smallest absolute Gasteiger partial charge is 0.348 e. The van der Waals surface area contributed by atoms with Gasteiger partial charge in [0.1, 0.15) is 9.09 Å². The summed E-state index contributed by atoms with van der Waals surface area (Å²) in [5.74, 6) is -0.502. The average Bonchev–Trinajstić information content (AvgIpc) is 2.98. The number of sulfonamides is 1. The van der Waals surface area contributed by atoms with E-state index in [2.05, 4.69) is 4.74 Å². The SMILES string of the molecule is COC(=O)c1ccc(S(=O)(=O)N2CCCC2)s1. The molecule has 1 aromatic rings. The first-order chi connectivity index (χ1) is 8.05. The van der Waals surface area contributed by atoms with Gasteiger partial charge in [0.2, 0.25) is 0 Å². The van der Waals surface area contributed by atoms with E-state index < -0.39 is 16.0 Å². The number of methoxy groups -OCH3 is 1. The largest absolute Gasteiger partial charge is 0.465 e. The fourth-order valence-corrected chi connectivity index (χ4v) is 4.62. The molecule has 94 valence electrons. The number of ether oxygens (including phenoxy) is 1. The minimum Gasteiger partial charge on any atom is -0.465 e. The van der Waals surface area contributed by atoms with Crippen molar-refractivity contribution in [3.8, 4) is 0 Å². The summed E-state index contributed by atoms with van der Waals surface area (Å²) in [5.41, 5.74) is 0. The van der Waals surface area contributed by atoms with Crippen molar-refractivity contribution in [1.29, 1.82) is 0 Å². The van der Waals surface area contributed by atoms with Gasteiger partial charge in [-0.3, -0.25) is 0 Å². The third-order valence-corrected chi connectivity index (χ3v) is 6.06. The normalized spacial score (nSPS) is 17.2. The molecule has 17 heavy (non-hydrogen) atoms. The van der Waals surface area contributed by atoms with Crippen molar-refractivity contribution >= 4 is 27.3 Å². The second kappa shape index (κ2) is 4.75. The van der Waals surface area contributed by atoms with Gasteiger partial charge in [0.05, 0.1) is 7.11 Å². The Morgan fingerprint density at radius 3 is 2.59 bits per heavy atom. The molecule has 1 aromatic heterocycles. The van der Waals surface area contributed by atoms with Gasteiger partial charge in [0.25, 0.3) is 10.0 Å². The van der Waals surface area contributed by atoms with E-state index in [0.717, 1.165) is 24.2 Å². The van der Waals surface area contributed by atoms with E-state index >= 15 is 0 Å². The number of thiophene rings is 1. The Morgan fingerprint density at radius 2 is 2.00 bits per heavy atom. The van der Waals surface area contributed by atoms with Gasteiger partial charge < -0.3 is 4.74 Å². The summed E-state index contributed by atoms with van der Waals surface area (Å²) in [6.07, 6.45) is 1.79. The molecule has 2 heterocycles. The summed E-state index contributed by atoms with van der Waals surface area (Å²) in [6, 6.07) is 2.95. The van der Waals surface area contributed by atoms with Gasteiger partial charge in [0.15, 0.2) is 0 Å². The van der Waals surface area contributed by atoms with E-state index in [1.807, 2.05) is 0 Å². The predicted molar refractivity (Wildman–Crippen MR) is 63.7 cm³/mol. The van der Waals surface area contributed by atoms with Crippen LogP contribution in [-0.4, -0.2) is 38.9 Å². The van der Waals surface area contributed by atoms with Crippen LogP contribution >= 0.6 is 11.3 Å². The number of nitrogens with zero attached hydrogens (tertiary/aromatic N) is 1. The molecule has 2 rings (SSSR count). The van der Waals surface area contributed by atoms with E-state index in [4.69, 9.17) is 0 Å². The summed E-state index contributed by atoms with van der Waals surface area (Å²) in [6.45, 7) is 1.13. The van der Waals surface area contributed by atoms with Crippen LogP contribution in [0.4, 0.5) is 0 Å². The van der Waals surface area contributed by atoms with Crippen molar-refractivity contribution in [3.05, 3.63) is 17.0 Å². The molecule has 0 radical (unpaired) electrons. The van der Waals surface area contributed by atoms with E-state index in [1.165, 1.54) is 23.5 Å². The van der Waals surface area contributed by atoms with Gasteiger partial charge in [-0.25, -0.2) is 13.2 Å². The Hall–Kier alpha value is -0.920. The Bertz CT molecular complexity index is 514. The minimum atomic E-state index is -3.42. The molecule has 1 fully saturated rings. The maximum absolute atomic E-state index is 12.1. The maximum atomic E-state index is 12.1. The third-order valence-electron chi connectivity index (χ3n) is 2.63. The fraction of sp³-hybridized carbons (Fsp3) is 0.500. The molecule has 0 amide bonds. The van der Waals surface area contributed by atoms with E-state index in [-0.39, 0.29) is 4.21 Å². The van der Waals surface area contributed by atoms with Gasteiger partial charge in [-0.1, -0.05) is 0 Å². The second-order valence-electron chi connectivity index (χ2n) is 3.72. The molecule has 1 saturated heterocycles. The first-order valence-corrected chi connectivity index (χ1v) is 7.49. The summed E-state index contributed by atoms with van der Waals surface area (Å²) < 4.78 is 30.5. The first-order valence-electron chi connectivity index (χ1n) is 5.24. The fourth-order valence-electron chi connectivity index (χ4n) is 1.72. The molecule has 0 bridgehead atoms. The highest BCUT2D eigenvalue weighted by atomic mass is 32.2. The highest BCUT2D eigenvalue weighted by Crippen LogP contribution is 2.27. The van der Waals surface area contributed by atoms with Crippen LogP contribution < -0.4 is 0 Å². The number of carbonyl (C=O) groups is 1. The Kier molecular flexibility index (Phi) is 3.50. The summed E-state index contributed by atoms with van der Waals surface area (Å²) in [5, 5.41) is 0. The lowest BCUT2D eigenvalue weighted by Gasteiger charge is -2.13. The molecule has 1 aliphatic heterocycles. The quantitative estimate of drug-likeness (QED) is 0.780. The average molecular weight is 275 g/mol. The molecular weight excluding hydrogens is 262 g/mol. The molecular formula is C10H13NO4S2. The molecule has 5 nitrogen and oxygen atoms in total. The van der Waals surface area contributed by atoms with Crippen LogP contribution in [0, 0.1) is 0 Å². The van der Waals surface area contributed by atoms with E-state index in [1.54, 1.807) is 0 Å². The highest BCUT2D eigenvalue weighted by molar-refractivity contribution is 7.91. The Morgan fingerprint density at radius 1 is 1.35 bits per heavy atom. The zero-order valence-corrected chi connectivity index (χ0v) is 11.0. The van der Waals surface area contributed by atoms with Crippen LogP contribution in [0.2, 0.25) is 0 Å². The van der Waals surface area contributed by atoms with Crippen LogP contribution in [0.1, 0.15) is 22.5 Å². The summed E-state index contributed by atoms with van der Waals surface area (Å²) >= 11 is 0.955. The predicted octanol–water partition coefficient (Wildman–Crippen LogP) is 1.32. The molecule has 0 N–H and O–H groups in total. The molecule has 0 saturated carbocycles. The second-order valence-corrected chi connectivity index (χ2v) is 6.97. The molecule has 0 atom stereocenters.